The number of amides is 2. The minimum absolute atomic E-state index is 0.0557. The second-order valence-corrected chi connectivity index (χ2v) is 9.50. The Hall–Kier alpha value is -1.90. The molecule has 0 spiro atoms. The second-order valence-electron chi connectivity index (χ2n) is 5.84. The van der Waals surface area contributed by atoms with Crippen LogP contribution in [-0.2, 0) is 5.75 Å². The second kappa shape index (κ2) is 8.66. The summed E-state index contributed by atoms with van der Waals surface area (Å²) >= 11 is 4.73. The van der Waals surface area contributed by atoms with Crippen LogP contribution >= 0.6 is 34.4 Å². The molecule has 2 aromatic heterocycles. The molecule has 0 aliphatic heterocycles. The minimum Gasteiger partial charge on any atom is -0.331 e. The van der Waals surface area contributed by atoms with Crippen LogP contribution in [0.15, 0.2) is 40.7 Å². The largest absolute Gasteiger partial charge is 0.331 e. The summed E-state index contributed by atoms with van der Waals surface area (Å²) < 4.78 is 0.835. The highest BCUT2D eigenvalue weighted by molar-refractivity contribution is 8.00. The average Bonchev–Trinajstić information content (AvgIpc) is 3.19. The van der Waals surface area contributed by atoms with Gasteiger partial charge < -0.3 is 5.32 Å². The van der Waals surface area contributed by atoms with Gasteiger partial charge in [0, 0.05) is 15.5 Å². The van der Waals surface area contributed by atoms with Crippen molar-refractivity contribution >= 4 is 45.6 Å². The van der Waals surface area contributed by atoms with Gasteiger partial charge in [-0.15, -0.1) is 21.5 Å². The first-order valence-electron chi connectivity index (χ1n) is 8.16. The molecule has 0 bridgehead atoms. The predicted molar refractivity (Wildman–Crippen MR) is 110 cm³/mol. The number of nitrogens with zero attached hydrogens (tertiary/aromatic N) is 2. The fourth-order valence-corrected chi connectivity index (χ4v) is 5.25. The number of nitrogens with one attached hydrogen (secondary N) is 2. The molecular formula is C18H20N4OS3. The fourth-order valence-electron chi connectivity index (χ4n) is 2.53. The van der Waals surface area contributed by atoms with Gasteiger partial charge in [-0.3, -0.25) is 5.32 Å². The summed E-state index contributed by atoms with van der Waals surface area (Å²) in [6.07, 6.45) is 0. The third-order valence-electron chi connectivity index (χ3n) is 3.73. The highest BCUT2D eigenvalue weighted by atomic mass is 32.2. The highest BCUT2D eigenvalue weighted by Gasteiger charge is 2.15. The molecule has 0 unspecified atom stereocenters. The maximum Gasteiger partial charge on any atom is 0.321 e. The Kier molecular flexibility index (Phi) is 6.29. The Bertz CT molecular complexity index is 876. The van der Waals surface area contributed by atoms with E-state index in [0.29, 0.717) is 5.13 Å². The molecule has 3 aromatic rings. The first kappa shape index (κ1) is 18.9. The fraction of sp³-hybridized carbons (Fsp3) is 0.278. The molecule has 136 valence electrons. The van der Waals surface area contributed by atoms with Gasteiger partial charge in [0.05, 0.1) is 6.04 Å². The summed E-state index contributed by atoms with van der Waals surface area (Å²) in [6, 6.07) is 12.0. The van der Waals surface area contributed by atoms with Crippen molar-refractivity contribution in [2.45, 2.75) is 36.9 Å². The van der Waals surface area contributed by atoms with Crippen LogP contribution in [0.1, 0.15) is 33.8 Å². The van der Waals surface area contributed by atoms with Crippen molar-refractivity contribution in [2.75, 3.05) is 5.32 Å². The Morgan fingerprint density at radius 3 is 2.65 bits per heavy atom. The van der Waals surface area contributed by atoms with E-state index in [-0.39, 0.29) is 12.1 Å². The van der Waals surface area contributed by atoms with Crippen molar-refractivity contribution in [3.05, 3.63) is 57.3 Å². The molecule has 2 amide bonds. The van der Waals surface area contributed by atoms with Crippen LogP contribution in [0.4, 0.5) is 9.93 Å². The lowest BCUT2D eigenvalue weighted by molar-refractivity contribution is 0.249. The molecule has 0 fully saturated rings. The van der Waals surface area contributed by atoms with Gasteiger partial charge in [0.15, 0.2) is 4.34 Å². The van der Waals surface area contributed by atoms with Gasteiger partial charge in [-0.25, -0.2) is 4.79 Å². The van der Waals surface area contributed by atoms with E-state index in [1.165, 1.54) is 26.7 Å². The number of thioether (sulfide) groups is 1. The van der Waals surface area contributed by atoms with Gasteiger partial charge in [0.25, 0.3) is 0 Å². The quantitative estimate of drug-likeness (QED) is 0.427. The van der Waals surface area contributed by atoms with E-state index in [4.69, 9.17) is 0 Å². The number of carbonyl (C=O) groups is 1. The van der Waals surface area contributed by atoms with Gasteiger partial charge in [-0.05, 0) is 38.0 Å². The minimum atomic E-state index is -0.267. The van der Waals surface area contributed by atoms with Crippen LogP contribution in [0.2, 0.25) is 0 Å². The van der Waals surface area contributed by atoms with Gasteiger partial charge in [0.1, 0.15) is 0 Å². The average molecular weight is 405 g/mol. The van der Waals surface area contributed by atoms with Crippen LogP contribution < -0.4 is 10.6 Å². The molecule has 2 N–H and O–H groups in total. The molecule has 3 rings (SSSR count). The number of benzene rings is 1. The summed E-state index contributed by atoms with van der Waals surface area (Å²) in [7, 11) is 0. The molecule has 8 heteroatoms. The smallest absolute Gasteiger partial charge is 0.321 e. The van der Waals surface area contributed by atoms with Crippen molar-refractivity contribution in [1.29, 1.82) is 0 Å². The molecule has 0 saturated heterocycles. The van der Waals surface area contributed by atoms with Gasteiger partial charge in [0.2, 0.25) is 5.13 Å². The summed E-state index contributed by atoms with van der Waals surface area (Å²) in [6.45, 7) is 6.13. The van der Waals surface area contributed by atoms with Crippen molar-refractivity contribution < 1.29 is 4.79 Å². The normalized spacial score (nSPS) is 12.0. The number of urea groups is 1. The van der Waals surface area contributed by atoms with E-state index in [2.05, 4.69) is 52.9 Å². The lowest BCUT2D eigenvalue weighted by atomic mass is 10.1. The van der Waals surface area contributed by atoms with E-state index in [0.717, 1.165) is 15.7 Å². The van der Waals surface area contributed by atoms with E-state index in [1.54, 1.807) is 23.1 Å². The van der Waals surface area contributed by atoms with Crippen molar-refractivity contribution in [1.82, 2.24) is 15.5 Å². The maximum atomic E-state index is 12.2. The number of rotatable bonds is 6. The number of hydrogen-bond acceptors (Lipinski definition) is 6. The van der Waals surface area contributed by atoms with Gasteiger partial charge >= 0.3 is 6.03 Å². The third kappa shape index (κ3) is 5.06. The van der Waals surface area contributed by atoms with E-state index in [1.807, 2.05) is 25.1 Å². The van der Waals surface area contributed by atoms with Crippen LogP contribution in [0, 0.1) is 13.8 Å². The number of carbonyl (C=O) groups excluding carboxylic acids is 1. The summed E-state index contributed by atoms with van der Waals surface area (Å²) in [5, 5.41) is 14.4. The van der Waals surface area contributed by atoms with E-state index < -0.39 is 0 Å². The summed E-state index contributed by atoms with van der Waals surface area (Å²) in [4.78, 5) is 14.7. The summed E-state index contributed by atoms with van der Waals surface area (Å²) in [5.74, 6) is 0.829. The standard InChI is InChI=1S/C18H20N4OS3/c1-11-9-15(13(3)25-11)12(2)19-16(23)20-17-21-22-18(26-17)24-10-14-7-5-4-6-8-14/h4-9,12H,10H2,1-3H3,(H2,19,20,21,23)/t12-/m0/s1. The predicted octanol–water partition coefficient (Wildman–Crippen LogP) is 5.39. The molecule has 5 nitrogen and oxygen atoms in total. The molecule has 1 aromatic carbocycles. The Labute approximate surface area is 165 Å². The van der Waals surface area contributed by atoms with Crippen LogP contribution in [0.25, 0.3) is 0 Å². The highest BCUT2D eigenvalue weighted by Crippen LogP contribution is 2.29. The van der Waals surface area contributed by atoms with Gasteiger partial charge in [-0.1, -0.05) is 53.4 Å². The van der Waals surface area contributed by atoms with Crippen molar-refractivity contribution in [3.8, 4) is 0 Å². The van der Waals surface area contributed by atoms with Gasteiger partial charge in [-0.2, -0.15) is 0 Å². The molecule has 0 aliphatic rings. The maximum absolute atomic E-state index is 12.2. The molecule has 0 aliphatic carbocycles. The Morgan fingerprint density at radius 2 is 1.96 bits per heavy atom. The molecule has 26 heavy (non-hydrogen) atoms. The monoisotopic (exact) mass is 404 g/mol. The molecule has 0 saturated carbocycles. The van der Waals surface area contributed by atoms with Crippen LogP contribution in [0.3, 0.4) is 0 Å². The van der Waals surface area contributed by atoms with Crippen LogP contribution in [0.5, 0.6) is 0 Å². The molecule has 1 atom stereocenters. The van der Waals surface area contributed by atoms with Crippen molar-refractivity contribution in [2.24, 2.45) is 0 Å². The zero-order valence-corrected chi connectivity index (χ0v) is 17.2. The first-order valence-corrected chi connectivity index (χ1v) is 10.8. The number of hydrogen-bond donors (Lipinski definition) is 2. The number of aromatic nitrogens is 2. The molecule has 0 radical (unpaired) electrons. The van der Waals surface area contributed by atoms with Crippen molar-refractivity contribution in [3.63, 3.8) is 0 Å². The zero-order chi connectivity index (χ0) is 18.5. The molecular weight excluding hydrogens is 384 g/mol. The third-order valence-corrected chi connectivity index (χ3v) is 6.75. The first-order chi connectivity index (χ1) is 12.5. The SMILES string of the molecule is Cc1cc([C@H](C)NC(=O)Nc2nnc(SCc3ccccc3)s2)c(C)s1. The van der Waals surface area contributed by atoms with E-state index >= 15 is 0 Å². The Morgan fingerprint density at radius 1 is 1.19 bits per heavy atom. The molecule has 2 heterocycles. The number of thiophene rings is 1. The zero-order valence-electron chi connectivity index (χ0n) is 14.8. The van der Waals surface area contributed by atoms with E-state index in [9.17, 15) is 4.79 Å². The number of anilines is 1. The summed E-state index contributed by atoms with van der Waals surface area (Å²) in [5.41, 5.74) is 2.38. The number of aryl methyl sites for hydroxylation is 2. The lowest BCUT2D eigenvalue weighted by Crippen LogP contribution is -2.31. The lowest BCUT2D eigenvalue weighted by Gasteiger charge is -2.13. The van der Waals surface area contributed by atoms with Crippen LogP contribution in [-0.4, -0.2) is 16.2 Å². The Balaban J connectivity index is 1.52. The topological polar surface area (TPSA) is 66.9 Å².